The minimum atomic E-state index is -1.14. The third-order valence-corrected chi connectivity index (χ3v) is 9.93. The van der Waals surface area contributed by atoms with E-state index in [4.69, 9.17) is 18.9 Å². The SMILES string of the molecule is CCOC(=O)[C-]=C(Oc1cccc(OC)c1P(c1ccccc1)c1ccccc1)C(=O)OCC.C[C]1[C](C)[C](C)[C](C)[C]1C.[Cl][Rh+2]. The standard InChI is InChI=1S/C27H26O6P.C10H15.ClH.Rh/c1-4-31-25(28)19-24(27(29)32-5-2)33-23-18-12-17-22(30-3)26(23)34(20-13-8-6-9-14-20)21-15-10-7-11-16-21;1-6-7(2)9(4)10(5)8(6)3;;/h6-18H,4-5H2,1-3H3;1-5H3;1H;/q-1;;;+3/p-1. The van der Waals surface area contributed by atoms with Crippen LogP contribution in [0.25, 0.3) is 0 Å². The summed E-state index contributed by atoms with van der Waals surface area (Å²) in [7, 11) is 4.97. The van der Waals surface area contributed by atoms with E-state index in [1.54, 1.807) is 33.1 Å². The van der Waals surface area contributed by atoms with E-state index in [1.807, 2.05) is 84.0 Å². The average molecular weight is 751 g/mol. The predicted octanol–water partition coefficient (Wildman–Crippen LogP) is 7.30. The molecule has 0 spiro atoms. The Morgan fingerprint density at radius 2 is 1.11 bits per heavy atom. The molecule has 1 aliphatic carbocycles. The normalized spacial score (nSPS) is 14.5. The Balaban J connectivity index is 0.000000517. The van der Waals surface area contributed by atoms with Crippen molar-refractivity contribution in [2.24, 2.45) is 0 Å². The number of ether oxygens (including phenoxy) is 4. The van der Waals surface area contributed by atoms with Gasteiger partial charge in [0.1, 0.15) is 11.5 Å². The van der Waals surface area contributed by atoms with Crippen LogP contribution >= 0.6 is 17.6 Å². The first-order valence-electron chi connectivity index (χ1n) is 14.7. The van der Waals surface area contributed by atoms with E-state index < -0.39 is 19.9 Å². The van der Waals surface area contributed by atoms with Crippen molar-refractivity contribution in [3.05, 3.63) is 120 Å². The maximum absolute atomic E-state index is 12.6. The molecule has 3 aromatic rings. The molecule has 1 aliphatic rings. The topological polar surface area (TPSA) is 71.1 Å². The summed E-state index contributed by atoms with van der Waals surface area (Å²) in [6, 6.07) is 25.3. The summed E-state index contributed by atoms with van der Waals surface area (Å²) in [5, 5.41) is 2.88. The predicted molar refractivity (Wildman–Crippen MR) is 183 cm³/mol. The van der Waals surface area contributed by atoms with Gasteiger partial charge in [-0.1, -0.05) is 101 Å². The Morgan fingerprint density at radius 3 is 1.52 bits per heavy atom. The zero-order valence-electron chi connectivity index (χ0n) is 27.5. The number of rotatable bonds is 10. The van der Waals surface area contributed by atoms with Gasteiger partial charge < -0.3 is 23.7 Å². The molecule has 4 rings (SSSR count). The van der Waals surface area contributed by atoms with Crippen LogP contribution in [0.5, 0.6) is 11.5 Å². The maximum atomic E-state index is 12.6. The Bertz CT molecular complexity index is 1300. The molecule has 6 nitrogen and oxygen atoms in total. The van der Waals surface area contributed by atoms with Gasteiger partial charge >= 0.3 is 27.0 Å². The van der Waals surface area contributed by atoms with E-state index >= 15 is 0 Å². The summed E-state index contributed by atoms with van der Waals surface area (Å²) < 4.78 is 21.7. The molecule has 5 radical (unpaired) electrons. The molecule has 0 aliphatic heterocycles. The van der Waals surface area contributed by atoms with E-state index in [0.717, 1.165) is 15.9 Å². The van der Waals surface area contributed by atoms with E-state index in [2.05, 4.69) is 50.4 Å². The second-order valence-corrected chi connectivity index (χ2v) is 12.1. The molecule has 0 saturated heterocycles. The molecule has 0 bridgehead atoms. The minimum absolute atomic E-state index is 0.113. The van der Waals surface area contributed by atoms with Crippen molar-refractivity contribution in [2.75, 3.05) is 20.3 Å². The van der Waals surface area contributed by atoms with Crippen LogP contribution in [0.2, 0.25) is 0 Å². The monoisotopic (exact) mass is 750 g/mol. The van der Waals surface area contributed by atoms with Crippen molar-refractivity contribution < 1.29 is 45.8 Å². The summed E-state index contributed by atoms with van der Waals surface area (Å²) >= 11 is 2.02. The van der Waals surface area contributed by atoms with Crippen molar-refractivity contribution >= 4 is 45.5 Å². The first-order valence-corrected chi connectivity index (χ1v) is 18.1. The number of hydrogen-bond acceptors (Lipinski definition) is 6. The molecule has 245 valence electrons. The van der Waals surface area contributed by atoms with Gasteiger partial charge in [-0.15, -0.1) is 6.08 Å². The fourth-order valence-corrected chi connectivity index (χ4v) is 7.10. The Morgan fingerprint density at radius 1 is 0.674 bits per heavy atom. The molecule has 0 atom stereocenters. The quantitative estimate of drug-likeness (QED) is 0.0541. The van der Waals surface area contributed by atoms with Gasteiger partial charge in [0, 0.05) is 5.76 Å². The molecule has 1 saturated carbocycles. The molecular weight excluding hydrogens is 710 g/mol. The zero-order valence-corrected chi connectivity index (χ0v) is 30.8. The van der Waals surface area contributed by atoms with E-state index in [-0.39, 0.29) is 19.0 Å². The third-order valence-electron chi connectivity index (χ3n) is 7.41. The molecule has 0 amide bonds. The van der Waals surface area contributed by atoms with Crippen LogP contribution in [0.4, 0.5) is 0 Å². The van der Waals surface area contributed by atoms with E-state index in [9.17, 15) is 9.59 Å². The van der Waals surface area contributed by atoms with Crippen LogP contribution in [0, 0.1) is 35.7 Å². The second-order valence-electron chi connectivity index (χ2n) is 9.94. The van der Waals surface area contributed by atoms with Crippen molar-refractivity contribution in [2.45, 2.75) is 48.5 Å². The summed E-state index contributed by atoms with van der Waals surface area (Å²) in [6.45, 7) is 14.6. The number of carbonyl (C=O) groups is 2. The van der Waals surface area contributed by atoms with Gasteiger partial charge in [0.05, 0.1) is 25.6 Å². The molecule has 9 heteroatoms. The molecule has 0 heterocycles. The molecule has 0 unspecified atom stereocenters. The van der Waals surface area contributed by atoms with Gasteiger partial charge in [-0.25, -0.2) is 0 Å². The average Bonchev–Trinajstić information content (AvgIpc) is 3.24. The molecule has 3 aromatic carbocycles. The number of carbonyl (C=O) groups excluding carboxylic acids is 2. The van der Waals surface area contributed by atoms with E-state index in [0.29, 0.717) is 11.5 Å². The number of benzene rings is 3. The summed E-state index contributed by atoms with van der Waals surface area (Å²) in [5.74, 6) is 6.28. The second kappa shape index (κ2) is 20.5. The van der Waals surface area contributed by atoms with Crippen LogP contribution in [0.15, 0.2) is 84.6 Å². The van der Waals surface area contributed by atoms with Crippen LogP contribution in [-0.2, 0) is 36.4 Å². The first kappa shape index (κ1) is 39.5. The van der Waals surface area contributed by atoms with Crippen LogP contribution < -0.4 is 25.4 Å². The fraction of sp³-hybridized carbons (Fsp3) is 0.270. The molecule has 46 heavy (non-hydrogen) atoms. The third kappa shape index (κ3) is 10.7. The van der Waals surface area contributed by atoms with Gasteiger partial charge in [0.25, 0.3) is 0 Å². The van der Waals surface area contributed by atoms with E-state index in [1.165, 1.54) is 29.6 Å². The van der Waals surface area contributed by atoms with Crippen LogP contribution in [0.3, 0.4) is 0 Å². The van der Waals surface area contributed by atoms with Gasteiger partial charge in [0.15, 0.2) is 0 Å². The van der Waals surface area contributed by atoms with Gasteiger partial charge in [-0.05, 0) is 74.1 Å². The van der Waals surface area contributed by atoms with Gasteiger partial charge in [-0.2, -0.15) is 0 Å². The van der Waals surface area contributed by atoms with Gasteiger partial charge in [0.2, 0.25) is 11.9 Å². The Labute approximate surface area is 290 Å². The zero-order chi connectivity index (χ0) is 34.2. The number of methoxy groups -OCH3 is 1. The molecule has 0 aromatic heterocycles. The summed E-state index contributed by atoms with van der Waals surface area (Å²) in [4.78, 5) is 24.7. The number of esters is 2. The van der Waals surface area contributed by atoms with Crippen molar-refractivity contribution in [3.8, 4) is 11.5 Å². The summed E-state index contributed by atoms with van der Waals surface area (Å²) in [6.07, 6.45) is 2.36. The van der Waals surface area contributed by atoms with Crippen LogP contribution in [-0.4, -0.2) is 32.3 Å². The first-order chi connectivity index (χ1) is 22.1. The van der Waals surface area contributed by atoms with Crippen molar-refractivity contribution in [1.29, 1.82) is 0 Å². The van der Waals surface area contributed by atoms with Crippen molar-refractivity contribution in [1.82, 2.24) is 0 Å². The Kier molecular flexibility index (Phi) is 17.6. The fourth-order valence-electron chi connectivity index (χ4n) is 4.62. The molecular formula is C37H41ClO6PRh+. The number of halogens is 1. The van der Waals surface area contributed by atoms with Crippen molar-refractivity contribution in [3.63, 3.8) is 0 Å². The summed E-state index contributed by atoms with van der Waals surface area (Å²) in [5.41, 5.74) is 0. The molecule has 0 N–H and O–H groups in total. The molecule has 1 fully saturated rings. The van der Waals surface area contributed by atoms with Gasteiger partial charge in [-0.3, -0.25) is 4.79 Å². The number of hydrogen-bond donors (Lipinski definition) is 0. The van der Waals surface area contributed by atoms with Crippen LogP contribution in [0.1, 0.15) is 48.5 Å². The Hall–Kier alpha value is -2.72.